The van der Waals surface area contributed by atoms with Gasteiger partial charge in [0.1, 0.15) is 17.1 Å². The first kappa shape index (κ1) is 23.0. The van der Waals surface area contributed by atoms with Crippen LogP contribution >= 0.6 is 11.3 Å². The summed E-state index contributed by atoms with van der Waals surface area (Å²) < 4.78 is 6.52. The molecular formula is C24H28N4O4S. The van der Waals surface area contributed by atoms with Gasteiger partial charge in [-0.3, -0.25) is 19.0 Å². The highest BCUT2D eigenvalue weighted by molar-refractivity contribution is 7.20. The van der Waals surface area contributed by atoms with Crippen LogP contribution in [0, 0.1) is 6.92 Å². The van der Waals surface area contributed by atoms with Gasteiger partial charge < -0.3 is 15.0 Å². The average Bonchev–Trinajstić information content (AvgIpc) is 3.17. The van der Waals surface area contributed by atoms with E-state index in [4.69, 9.17) is 4.74 Å². The van der Waals surface area contributed by atoms with Gasteiger partial charge in [0, 0.05) is 13.1 Å². The van der Waals surface area contributed by atoms with Crippen molar-refractivity contribution in [1.82, 2.24) is 14.5 Å². The van der Waals surface area contributed by atoms with Gasteiger partial charge in [-0.15, -0.1) is 11.3 Å². The standard InChI is InChI=1S/C24H28N4O4S/c1-15-20-22(33-21(15)24(31)27(2)16-9-5-4-6-10-16)25-14-28(23(20)30)13-19(29)26-17-11-7-8-12-18(17)32-3/h7-8,11-12,14,16H,4-6,9-10,13H2,1-3H3,(H,26,29). The fourth-order valence-electron chi connectivity index (χ4n) is 4.36. The molecule has 2 amide bonds. The van der Waals surface area contributed by atoms with Crippen LogP contribution in [0.2, 0.25) is 0 Å². The van der Waals surface area contributed by atoms with E-state index in [0.717, 1.165) is 25.7 Å². The lowest BCUT2D eigenvalue weighted by Gasteiger charge is -2.31. The fraction of sp³-hybridized carbons (Fsp3) is 0.417. The van der Waals surface area contributed by atoms with Gasteiger partial charge in [0.2, 0.25) is 5.91 Å². The second-order valence-corrected chi connectivity index (χ2v) is 9.37. The van der Waals surface area contributed by atoms with E-state index in [1.165, 1.54) is 35.8 Å². The number of anilines is 1. The first-order valence-electron chi connectivity index (χ1n) is 11.1. The van der Waals surface area contributed by atoms with E-state index in [9.17, 15) is 14.4 Å². The molecule has 4 rings (SSSR count). The number of hydrogen-bond acceptors (Lipinski definition) is 6. The maximum absolute atomic E-state index is 13.2. The number of methoxy groups -OCH3 is 1. The molecule has 0 unspecified atom stereocenters. The highest BCUT2D eigenvalue weighted by Crippen LogP contribution is 2.30. The van der Waals surface area contributed by atoms with Crippen LogP contribution in [0.5, 0.6) is 5.75 Å². The number of nitrogens with zero attached hydrogens (tertiary/aromatic N) is 3. The van der Waals surface area contributed by atoms with Crippen molar-refractivity contribution in [2.24, 2.45) is 0 Å². The molecular weight excluding hydrogens is 440 g/mol. The number of carbonyl (C=O) groups excluding carboxylic acids is 2. The Morgan fingerprint density at radius 3 is 2.70 bits per heavy atom. The van der Waals surface area contributed by atoms with Gasteiger partial charge in [-0.25, -0.2) is 4.98 Å². The molecule has 1 aliphatic rings. The predicted octanol–water partition coefficient (Wildman–Crippen LogP) is 3.82. The summed E-state index contributed by atoms with van der Waals surface area (Å²) in [6.07, 6.45) is 6.88. The van der Waals surface area contributed by atoms with E-state index in [2.05, 4.69) is 10.3 Å². The maximum Gasteiger partial charge on any atom is 0.264 e. The quantitative estimate of drug-likeness (QED) is 0.594. The third-order valence-corrected chi connectivity index (χ3v) is 7.44. The molecule has 0 spiro atoms. The number of benzene rings is 1. The second kappa shape index (κ2) is 9.74. The third kappa shape index (κ3) is 4.64. The van der Waals surface area contributed by atoms with Crippen LogP contribution in [0.3, 0.4) is 0 Å². The highest BCUT2D eigenvalue weighted by Gasteiger charge is 2.27. The number of ether oxygens (including phenoxy) is 1. The predicted molar refractivity (Wildman–Crippen MR) is 129 cm³/mol. The number of thiophene rings is 1. The van der Waals surface area contributed by atoms with Gasteiger partial charge in [0.25, 0.3) is 11.5 Å². The number of aryl methyl sites for hydroxylation is 1. The number of para-hydroxylation sites is 2. The molecule has 2 heterocycles. The summed E-state index contributed by atoms with van der Waals surface area (Å²) in [7, 11) is 3.37. The van der Waals surface area contributed by atoms with Gasteiger partial charge in [0.05, 0.1) is 29.4 Å². The van der Waals surface area contributed by atoms with Crippen molar-refractivity contribution < 1.29 is 14.3 Å². The van der Waals surface area contributed by atoms with Crippen LogP contribution in [0.15, 0.2) is 35.4 Å². The van der Waals surface area contributed by atoms with E-state index in [0.29, 0.717) is 32.1 Å². The Bertz CT molecular complexity index is 1240. The maximum atomic E-state index is 13.2. The minimum Gasteiger partial charge on any atom is -0.495 e. The molecule has 1 aliphatic carbocycles. The SMILES string of the molecule is COc1ccccc1NC(=O)Cn1cnc2sc(C(=O)N(C)C3CCCCC3)c(C)c2c1=O. The molecule has 0 radical (unpaired) electrons. The van der Waals surface area contributed by atoms with Crippen molar-refractivity contribution in [3.05, 3.63) is 51.4 Å². The summed E-state index contributed by atoms with van der Waals surface area (Å²) >= 11 is 1.24. The molecule has 1 N–H and O–H groups in total. The lowest BCUT2D eigenvalue weighted by Crippen LogP contribution is -2.38. The molecule has 0 bridgehead atoms. The average molecular weight is 469 g/mol. The Hall–Kier alpha value is -3.20. The molecule has 9 heteroatoms. The summed E-state index contributed by atoms with van der Waals surface area (Å²) in [5.41, 5.74) is 0.820. The topological polar surface area (TPSA) is 93.5 Å². The lowest BCUT2D eigenvalue weighted by atomic mass is 9.94. The van der Waals surface area contributed by atoms with Gasteiger partial charge >= 0.3 is 0 Å². The number of aromatic nitrogens is 2. The minimum absolute atomic E-state index is 0.0673. The molecule has 3 aromatic rings. The Labute approximate surface area is 196 Å². The van der Waals surface area contributed by atoms with Crippen LogP contribution < -0.4 is 15.6 Å². The van der Waals surface area contributed by atoms with Crippen molar-refractivity contribution in [3.8, 4) is 5.75 Å². The minimum atomic E-state index is -0.371. The van der Waals surface area contributed by atoms with Crippen molar-refractivity contribution in [2.45, 2.75) is 51.6 Å². The van der Waals surface area contributed by atoms with Crippen molar-refractivity contribution in [2.75, 3.05) is 19.5 Å². The van der Waals surface area contributed by atoms with Crippen LogP contribution in [-0.4, -0.2) is 46.5 Å². The molecule has 33 heavy (non-hydrogen) atoms. The van der Waals surface area contributed by atoms with Crippen molar-refractivity contribution in [1.29, 1.82) is 0 Å². The Morgan fingerprint density at radius 2 is 1.97 bits per heavy atom. The fourth-order valence-corrected chi connectivity index (χ4v) is 5.48. The van der Waals surface area contributed by atoms with Crippen LogP contribution in [0.25, 0.3) is 10.2 Å². The summed E-state index contributed by atoms with van der Waals surface area (Å²) in [5.74, 6) is 0.0944. The number of carbonyl (C=O) groups is 2. The van der Waals surface area contributed by atoms with Gasteiger partial charge in [0.15, 0.2) is 0 Å². The lowest BCUT2D eigenvalue weighted by molar-refractivity contribution is -0.116. The number of hydrogen-bond donors (Lipinski definition) is 1. The van der Waals surface area contributed by atoms with E-state index < -0.39 is 0 Å². The van der Waals surface area contributed by atoms with E-state index >= 15 is 0 Å². The summed E-state index contributed by atoms with van der Waals surface area (Å²) in [5, 5.41) is 3.16. The molecule has 1 aromatic carbocycles. The largest absolute Gasteiger partial charge is 0.495 e. The number of amides is 2. The number of fused-ring (bicyclic) bond motifs is 1. The Morgan fingerprint density at radius 1 is 1.24 bits per heavy atom. The summed E-state index contributed by atoms with van der Waals surface area (Å²) in [6.45, 7) is 1.59. The molecule has 1 fully saturated rings. The van der Waals surface area contributed by atoms with Gasteiger partial charge in [-0.2, -0.15) is 0 Å². The molecule has 0 saturated heterocycles. The molecule has 8 nitrogen and oxygen atoms in total. The van der Waals surface area contributed by atoms with E-state index in [1.807, 2.05) is 11.9 Å². The van der Waals surface area contributed by atoms with Crippen molar-refractivity contribution in [3.63, 3.8) is 0 Å². The third-order valence-electron chi connectivity index (χ3n) is 6.25. The Kier molecular flexibility index (Phi) is 6.78. The summed E-state index contributed by atoms with van der Waals surface area (Å²) in [4.78, 5) is 46.2. The zero-order valence-electron chi connectivity index (χ0n) is 19.1. The van der Waals surface area contributed by atoms with Gasteiger partial charge in [-0.05, 0) is 37.5 Å². The van der Waals surface area contributed by atoms with Crippen LogP contribution in [0.4, 0.5) is 5.69 Å². The normalized spacial score (nSPS) is 14.3. The number of nitrogens with one attached hydrogen (secondary N) is 1. The summed E-state index contributed by atoms with van der Waals surface area (Å²) in [6, 6.07) is 7.30. The van der Waals surface area contributed by atoms with Gasteiger partial charge in [-0.1, -0.05) is 31.4 Å². The molecule has 0 atom stereocenters. The first-order chi connectivity index (χ1) is 15.9. The van der Waals surface area contributed by atoms with E-state index in [-0.39, 0.29) is 30.0 Å². The monoisotopic (exact) mass is 468 g/mol. The smallest absolute Gasteiger partial charge is 0.264 e. The highest BCUT2D eigenvalue weighted by atomic mass is 32.1. The second-order valence-electron chi connectivity index (χ2n) is 8.37. The van der Waals surface area contributed by atoms with Crippen molar-refractivity contribution >= 4 is 39.1 Å². The molecule has 1 saturated carbocycles. The molecule has 0 aliphatic heterocycles. The first-order valence-corrected chi connectivity index (χ1v) is 11.9. The zero-order valence-corrected chi connectivity index (χ0v) is 19.9. The Balaban J connectivity index is 1.57. The number of rotatable bonds is 6. The van der Waals surface area contributed by atoms with E-state index in [1.54, 1.807) is 31.2 Å². The molecule has 2 aromatic heterocycles. The van der Waals surface area contributed by atoms with Crippen LogP contribution in [0.1, 0.15) is 47.3 Å². The molecule has 174 valence electrons. The zero-order chi connectivity index (χ0) is 23.5. The van der Waals surface area contributed by atoms with Crippen LogP contribution in [-0.2, 0) is 11.3 Å².